The molecule has 0 saturated carbocycles. The number of carbonyl (C=O) groups excluding carboxylic acids is 13. The van der Waals surface area contributed by atoms with E-state index < -0.39 is 169 Å². The second kappa shape index (κ2) is 41.0. The number of thioether (sulfide) groups is 1. The van der Waals surface area contributed by atoms with Gasteiger partial charge in [-0.25, -0.2) is 0 Å². The van der Waals surface area contributed by atoms with E-state index in [0.29, 0.717) is 55.4 Å². The first-order chi connectivity index (χ1) is 45.2. The van der Waals surface area contributed by atoms with Crippen molar-refractivity contribution in [3.05, 3.63) is 71.8 Å². The van der Waals surface area contributed by atoms with Crippen LogP contribution < -0.4 is 82.7 Å². The third kappa shape index (κ3) is 27.5. The first-order valence-electron chi connectivity index (χ1n) is 32.2. The highest BCUT2D eigenvalue weighted by Crippen LogP contribution is 2.24. The molecule has 2 aromatic carbocycles. The molecule has 2 aromatic rings. The van der Waals surface area contributed by atoms with E-state index in [2.05, 4.69) is 47.5 Å². The summed E-state index contributed by atoms with van der Waals surface area (Å²) in [6.45, 7) is 3.86. The van der Waals surface area contributed by atoms with E-state index in [1.54, 1.807) is 60.7 Å². The third-order valence-electron chi connectivity index (χ3n) is 16.0. The van der Waals surface area contributed by atoms with Crippen LogP contribution in [0.15, 0.2) is 65.7 Å². The van der Waals surface area contributed by atoms with Gasteiger partial charge in [-0.15, -0.1) is 0 Å². The van der Waals surface area contributed by atoms with Crippen molar-refractivity contribution in [3.63, 3.8) is 0 Å². The Morgan fingerprint density at radius 1 is 0.537 bits per heavy atom. The Labute approximate surface area is 558 Å². The number of hydrogen-bond acceptors (Lipinski definition) is 17. The quantitative estimate of drug-likeness (QED) is 0.0173. The maximum Gasteiger partial charge on any atom is 0.245 e. The summed E-state index contributed by atoms with van der Waals surface area (Å²) in [5, 5.41) is 21.1. The summed E-state index contributed by atoms with van der Waals surface area (Å²) in [6.07, 6.45) is 3.12. The summed E-state index contributed by atoms with van der Waals surface area (Å²) in [5.41, 5.74) is 40.6. The summed E-state index contributed by atoms with van der Waals surface area (Å²) in [6, 6.07) is 4.51. The van der Waals surface area contributed by atoms with Crippen molar-refractivity contribution in [2.75, 3.05) is 44.7 Å². The number of primary amides is 3. The fraction of sp³-hybridized carbons (Fsp3) is 0.587. The van der Waals surface area contributed by atoms with Gasteiger partial charge in [0.2, 0.25) is 76.8 Å². The Morgan fingerprint density at radius 3 is 1.51 bits per heavy atom. The van der Waals surface area contributed by atoms with Crippen LogP contribution in [0.2, 0.25) is 0 Å². The third-order valence-corrected chi connectivity index (χ3v) is 16.7. The number of nitrogens with one attached hydrogen (secondary N) is 8. The van der Waals surface area contributed by atoms with Gasteiger partial charge in [0.1, 0.15) is 54.4 Å². The van der Waals surface area contributed by atoms with E-state index in [9.17, 15) is 62.3 Å². The van der Waals surface area contributed by atoms with Crippen LogP contribution in [-0.2, 0) is 75.2 Å². The Kier molecular flexibility index (Phi) is 33.9. The van der Waals surface area contributed by atoms with Crippen LogP contribution in [-0.4, -0.2) is 198 Å². The predicted octanol–water partition coefficient (Wildman–Crippen LogP) is -3.71. The van der Waals surface area contributed by atoms with Gasteiger partial charge in [-0.2, -0.15) is 11.8 Å². The van der Waals surface area contributed by atoms with Gasteiger partial charge >= 0.3 is 0 Å². The molecule has 0 radical (unpaired) electrons. The molecule has 2 aliphatic rings. The molecule has 22 N–H and O–H groups in total. The summed E-state index contributed by atoms with van der Waals surface area (Å²) < 4.78 is 0. The normalized spacial score (nSPS) is 16.8. The maximum absolute atomic E-state index is 14.7. The van der Waals surface area contributed by atoms with Crippen LogP contribution in [0.3, 0.4) is 0 Å². The van der Waals surface area contributed by atoms with Crippen LogP contribution in [0, 0.1) is 5.92 Å². The van der Waals surface area contributed by atoms with E-state index >= 15 is 0 Å². The molecule has 2 heterocycles. The van der Waals surface area contributed by atoms with Gasteiger partial charge in [0, 0.05) is 45.3 Å². The molecule has 2 aliphatic heterocycles. The fourth-order valence-corrected chi connectivity index (χ4v) is 11.5. The van der Waals surface area contributed by atoms with Gasteiger partial charge in [-0.3, -0.25) is 67.3 Å². The smallest absolute Gasteiger partial charge is 0.245 e. The van der Waals surface area contributed by atoms with Crippen molar-refractivity contribution in [3.8, 4) is 0 Å². The molecule has 32 heteroatoms. The van der Waals surface area contributed by atoms with Crippen molar-refractivity contribution in [1.82, 2.24) is 52.3 Å². The lowest BCUT2D eigenvalue weighted by Crippen LogP contribution is -2.60. The zero-order valence-corrected chi connectivity index (χ0v) is 55.3. The Morgan fingerprint density at radius 2 is 1.01 bits per heavy atom. The van der Waals surface area contributed by atoms with Gasteiger partial charge in [0.15, 0.2) is 5.96 Å². The Bertz CT molecular complexity index is 2960. The van der Waals surface area contributed by atoms with Crippen molar-refractivity contribution < 1.29 is 62.3 Å². The van der Waals surface area contributed by atoms with Gasteiger partial charge < -0.3 is 92.5 Å². The van der Waals surface area contributed by atoms with E-state index in [1.807, 2.05) is 20.1 Å². The maximum atomic E-state index is 14.7. The molecule has 524 valence electrons. The summed E-state index contributed by atoms with van der Waals surface area (Å²) in [5.74, 6) is -9.80. The lowest BCUT2D eigenvalue weighted by Gasteiger charge is -2.32. The lowest BCUT2D eigenvalue weighted by molar-refractivity contribution is -0.144. The minimum Gasteiger partial charge on any atom is -0.370 e. The highest BCUT2D eigenvalue weighted by Gasteiger charge is 2.42. The van der Waals surface area contributed by atoms with Crippen molar-refractivity contribution in [2.24, 2.45) is 51.0 Å². The number of likely N-dealkylation sites (tertiary alicyclic amines) is 2. The first-order valence-corrected chi connectivity index (χ1v) is 33.6. The molecule has 95 heavy (non-hydrogen) atoms. The molecule has 0 aliphatic carbocycles. The van der Waals surface area contributed by atoms with E-state index in [-0.39, 0.29) is 83.0 Å². The monoisotopic (exact) mass is 1350 g/mol. The number of rotatable bonds is 42. The average Bonchev–Trinajstić information content (AvgIpc) is 1.74. The van der Waals surface area contributed by atoms with E-state index in [1.165, 1.54) is 21.6 Å². The highest BCUT2D eigenvalue weighted by molar-refractivity contribution is 7.98. The van der Waals surface area contributed by atoms with Crippen LogP contribution >= 0.6 is 11.8 Å². The number of unbranched alkanes of at least 4 members (excludes halogenated alkanes) is 1. The fourth-order valence-electron chi connectivity index (χ4n) is 11.0. The lowest BCUT2D eigenvalue weighted by atomic mass is 10.0. The van der Waals surface area contributed by atoms with Crippen LogP contribution in [0.1, 0.15) is 121 Å². The van der Waals surface area contributed by atoms with Crippen LogP contribution in [0.4, 0.5) is 0 Å². The summed E-state index contributed by atoms with van der Waals surface area (Å²) in [4.78, 5) is 185. The number of amides is 13. The second-order valence-corrected chi connectivity index (χ2v) is 25.1. The van der Waals surface area contributed by atoms with Crippen molar-refractivity contribution in [1.29, 1.82) is 0 Å². The molecule has 0 spiro atoms. The molecular formula is C63H98N18O13S. The average molecular weight is 1350 g/mol. The van der Waals surface area contributed by atoms with E-state index in [4.69, 9.17) is 40.1 Å². The number of carbonyl (C=O) groups is 13. The largest absolute Gasteiger partial charge is 0.370 e. The number of benzene rings is 2. The molecule has 4 rings (SSSR count). The molecule has 2 fully saturated rings. The molecule has 2 saturated heterocycles. The molecule has 0 unspecified atom stereocenters. The summed E-state index contributed by atoms with van der Waals surface area (Å²) in [7, 11) is 0. The summed E-state index contributed by atoms with van der Waals surface area (Å²) >= 11 is 1.45. The molecular weight excluding hydrogens is 1250 g/mol. The zero-order valence-electron chi connectivity index (χ0n) is 54.5. The first kappa shape index (κ1) is 78.5. The zero-order chi connectivity index (χ0) is 70.1. The van der Waals surface area contributed by atoms with Gasteiger partial charge in [-0.05, 0) is 119 Å². The van der Waals surface area contributed by atoms with Gasteiger partial charge in [0.05, 0.1) is 12.6 Å². The van der Waals surface area contributed by atoms with E-state index in [0.717, 1.165) is 0 Å². The number of guanidine groups is 1. The van der Waals surface area contributed by atoms with Gasteiger partial charge in [-0.1, -0.05) is 74.5 Å². The van der Waals surface area contributed by atoms with Crippen molar-refractivity contribution in [2.45, 2.75) is 183 Å². The van der Waals surface area contributed by atoms with Crippen molar-refractivity contribution >= 4 is 94.5 Å². The number of nitrogens with zero attached hydrogens (tertiary/aromatic N) is 3. The molecule has 0 aromatic heterocycles. The Hall–Kier alpha value is -8.91. The van der Waals surface area contributed by atoms with Gasteiger partial charge in [0.25, 0.3) is 0 Å². The van der Waals surface area contributed by atoms with Crippen LogP contribution in [0.5, 0.6) is 0 Å². The standard InChI is InChI=1S/C63H98N18O13S/c1-37(2)33-45(57(89)74-41(53(68)85)27-32-95-3)73-52(84)36-72-54(86)46(34-38-15-6-4-7-16-38)78-58(90)47(35-39-17-8-5-9-18-39)79-56(88)42(23-25-50(66)82)75-55(87)43(24-26-51(67)83)76-59(91)49-22-14-31-81(49)62(94)44(20-10-11-28-64)77-60(92)48-21-13-30-80(48)61(93)40(65)19-12-29-71-63(69)70/h4-9,15-18,37,40-49H,10-14,19-36,64-65H2,1-3H3,(H2,66,82)(H2,67,83)(H2,68,85)(H,72,86)(H,73,84)(H,74,89)(H,75,87)(H,76,91)(H,77,92)(H,78,90)(H,79,88)(H4,69,70,71)/t40-,41-,42-,43-,44+,45+,46+,47+,48-,49+/m0/s1. The SMILES string of the molecule is CSCC[C@H](NC(=O)[C@@H](CC(C)C)NC(=O)CNC(=O)[C@@H](Cc1ccccc1)NC(=O)[C@@H](Cc1ccccc1)NC(=O)[C@H](CCC(N)=O)NC(=O)[C@H](CCC(N)=O)NC(=O)[C@H]1CCCN1C(=O)[C@@H](CCCCN)NC(=O)[C@@H]1CCCN1C(=O)[C@@H](N)CCCN=C(N)N)C(N)=O. The molecule has 0 bridgehead atoms. The van der Waals surface area contributed by atoms with Crippen LogP contribution in [0.25, 0.3) is 0 Å². The topological polar surface area (TPSA) is 519 Å². The minimum absolute atomic E-state index is 0.0736. The predicted molar refractivity (Wildman–Crippen MR) is 356 cm³/mol. The number of hydrogen-bond donors (Lipinski definition) is 15. The molecule has 10 atom stereocenters. The number of aliphatic imine (C=N–C) groups is 1. The highest BCUT2D eigenvalue weighted by atomic mass is 32.2. The second-order valence-electron chi connectivity index (χ2n) is 24.1. The number of nitrogens with two attached hydrogens (primary N) is 7. The Balaban J connectivity index is 1.56. The molecule has 13 amide bonds. The minimum atomic E-state index is -1.64. The molecule has 31 nitrogen and oxygen atoms in total.